The first kappa shape index (κ1) is 72.6. The van der Waals surface area contributed by atoms with E-state index in [-0.39, 0.29) is 23.6 Å². The second kappa shape index (κ2) is 36.1. The fraction of sp³-hybridized carbons (Fsp3) is 0.525. The molecule has 0 aliphatic rings. The monoisotopic (exact) mass is 1420 g/mol. The fourth-order valence-electron chi connectivity index (χ4n) is 13.6. The van der Waals surface area contributed by atoms with Gasteiger partial charge in [-0.05, 0) is 112 Å². The Morgan fingerprint density at radius 2 is 0.691 bits per heavy atom. The summed E-state index contributed by atoms with van der Waals surface area (Å²) in [7, 11) is 0. The Morgan fingerprint density at radius 3 is 1.05 bits per heavy atom. The summed E-state index contributed by atoms with van der Waals surface area (Å²) in [5.41, 5.74) is 4.31. The number of benzene rings is 2. The maximum atomic E-state index is 16.7. The van der Waals surface area contributed by atoms with Crippen LogP contribution < -0.4 is 0 Å². The molecule has 8 heterocycles. The van der Waals surface area contributed by atoms with Crippen molar-refractivity contribution in [3.8, 4) is 51.5 Å². The number of carbonyl (C=O) groups excluding carboxylic acids is 2. The minimum absolute atomic E-state index is 0.125. The summed E-state index contributed by atoms with van der Waals surface area (Å²) in [5, 5.41) is 4.36. The highest BCUT2D eigenvalue weighted by Crippen LogP contribution is 2.57. The van der Waals surface area contributed by atoms with E-state index in [2.05, 4.69) is 91.8 Å². The molecule has 0 saturated carbocycles. The third-order valence-electron chi connectivity index (χ3n) is 19.0. The lowest BCUT2D eigenvalue weighted by atomic mass is 9.95. The molecular formula is C80H100F2O4S8. The number of hydrogen-bond donors (Lipinski definition) is 0. The molecule has 0 amide bonds. The largest absolute Gasteiger partial charge is 0.462 e. The van der Waals surface area contributed by atoms with Crippen LogP contribution in [0, 0.1) is 37.3 Å². The zero-order valence-corrected chi connectivity index (χ0v) is 63.7. The van der Waals surface area contributed by atoms with Crippen LogP contribution in [0.2, 0.25) is 0 Å². The predicted octanol–water partition coefficient (Wildman–Crippen LogP) is 29.7. The average Bonchev–Trinajstić information content (AvgIpc) is 1.55. The summed E-state index contributed by atoms with van der Waals surface area (Å²) in [6, 6.07) is 21.0. The van der Waals surface area contributed by atoms with Gasteiger partial charge in [-0.25, -0.2) is 18.4 Å². The van der Waals surface area contributed by atoms with Crippen LogP contribution in [0.25, 0.3) is 91.9 Å². The van der Waals surface area contributed by atoms with Gasteiger partial charge in [-0.3, -0.25) is 0 Å². The van der Waals surface area contributed by atoms with Crippen LogP contribution in [-0.2, 0) is 22.3 Å². The van der Waals surface area contributed by atoms with E-state index in [0.29, 0.717) is 34.8 Å². The third kappa shape index (κ3) is 18.0. The molecule has 10 aromatic rings. The van der Waals surface area contributed by atoms with Crippen molar-refractivity contribution in [1.82, 2.24) is 0 Å². The Bertz CT molecular complexity index is 3810. The zero-order chi connectivity index (χ0) is 66.1. The number of ether oxygens (including phenoxy) is 2. The molecule has 0 saturated heterocycles. The lowest BCUT2D eigenvalue weighted by Crippen LogP contribution is -2.04. The highest BCUT2D eigenvalue weighted by atomic mass is 32.1. The predicted molar refractivity (Wildman–Crippen MR) is 414 cm³/mol. The summed E-state index contributed by atoms with van der Waals surface area (Å²) in [6.07, 6.45) is 34.5. The Morgan fingerprint density at radius 1 is 0.362 bits per heavy atom. The normalized spacial score (nSPS) is 12.7. The van der Waals surface area contributed by atoms with E-state index in [1.54, 1.807) is 80.2 Å². The minimum Gasteiger partial charge on any atom is -0.462 e. The first-order chi connectivity index (χ1) is 45.9. The van der Waals surface area contributed by atoms with Gasteiger partial charge in [0.15, 0.2) is 0 Å². The molecule has 2 unspecified atom stereocenters. The van der Waals surface area contributed by atoms with Gasteiger partial charge in [0.1, 0.15) is 21.4 Å². The van der Waals surface area contributed by atoms with Crippen molar-refractivity contribution in [2.45, 2.75) is 248 Å². The molecule has 4 nitrogen and oxygen atoms in total. The molecule has 0 spiro atoms. The van der Waals surface area contributed by atoms with E-state index in [1.165, 1.54) is 135 Å². The van der Waals surface area contributed by atoms with Crippen LogP contribution in [0.3, 0.4) is 0 Å². The van der Waals surface area contributed by atoms with E-state index in [4.69, 9.17) is 9.47 Å². The molecular weight excluding hydrogens is 1320 g/mol. The van der Waals surface area contributed by atoms with Crippen molar-refractivity contribution in [1.29, 1.82) is 0 Å². The Labute approximate surface area is 592 Å². The highest BCUT2D eigenvalue weighted by molar-refractivity contribution is 7.30. The van der Waals surface area contributed by atoms with Gasteiger partial charge in [0.05, 0.1) is 13.2 Å². The molecule has 0 bridgehead atoms. The van der Waals surface area contributed by atoms with Crippen molar-refractivity contribution >= 4 is 143 Å². The Hall–Kier alpha value is -4.12. The first-order valence-corrected chi connectivity index (χ1v) is 42.5. The number of thiophene rings is 8. The number of esters is 2. The van der Waals surface area contributed by atoms with E-state index >= 15 is 8.78 Å². The molecule has 506 valence electrons. The molecule has 0 N–H and O–H groups in total. The Balaban J connectivity index is 1.06. The maximum Gasteiger partial charge on any atom is 0.348 e. The van der Waals surface area contributed by atoms with Gasteiger partial charge < -0.3 is 9.47 Å². The van der Waals surface area contributed by atoms with Gasteiger partial charge in [-0.1, -0.05) is 208 Å². The summed E-state index contributed by atoms with van der Waals surface area (Å²) in [6.45, 7) is 18.6. The Kier molecular flexibility index (Phi) is 27.9. The maximum absolute atomic E-state index is 16.7. The quantitative estimate of drug-likeness (QED) is 0.0283. The average molecular weight is 1420 g/mol. The van der Waals surface area contributed by atoms with E-state index < -0.39 is 0 Å². The van der Waals surface area contributed by atoms with Gasteiger partial charge in [-0.15, -0.1) is 90.7 Å². The van der Waals surface area contributed by atoms with Crippen LogP contribution in [0.15, 0.2) is 60.7 Å². The summed E-state index contributed by atoms with van der Waals surface area (Å²) < 4.78 is 49.8. The second-order valence-electron chi connectivity index (χ2n) is 26.4. The third-order valence-corrected chi connectivity index (χ3v) is 28.1. The molecule has 0 aliphatic carbocycles. The zero-order valence-electron chi connectivity index (χ0n) is 57.2. The van der Waals surface area contributed by atoms with E-state index in [1.807, 2.05) is 12.1 Å². The second-order valence-corrected chi connectivity index (χ2v) is 35.4. The first-order valence-electron chi connectivity index (χ1n) is 36.0. The van der Waals surface area contributed by atoms with Crippen molar-refractivity contribution in [3.05, 3.63) is 102 Å². The van der Waals surface area contributed by atoms with Gasteiger partial charge in [0, 0.05) is 111 Å². The van der Waals surface area contributed by atoms with Gasteiger partial charge in [0.25, 0.3) is 0 Å². The van der Waals surface area contributed by atoms with Gasteiger partial charge in [-0.2, -0.15) is 0 Å². The molecule has 14 heteroatoms. The number of fused-ring (bicyclic) bond motifs is 4. The smallest absolute Gasteiger partial charge is 0.348 e. The van der Waals surface area contributed by atoms with Crippen LogP contribution in [-0.4, -0.2) is 25.2 Å². The number of aryl methyl sites for hydroxylation is 2. The highest BCUT2D eigenvalue weighted by Gasteiger charge is 2.30. The van der Waals surface area contributed by atoms with Crippen LogP contribution in [0.1, 0.15) is 260 Å². The number of carbonyl (C=O) groups is 2. The molecule has 2 aromatic carbocycles. The number of hydrogen-bond acceptors (Lipinski definition) is 12. The van der Waals surface area contributed by atoms with Crippen molar-refractivity contribution in [2.75, 3.05) is 13.2 Å². The molecule has 8 aromatic heterocycles. The lowest BCUT2D eigenvalue weighted by Gasteiger charge is -2.13. The number of unbranched alkanes of at least 4 members (excludes halogenated alkanes) is 20. The number of halogens is 2. The summed E-state index contributed by atoms with van der Waals surface area (Å²) >= 11 is 13.3. The molecule has 2 atom stereocenters. The van der Waals surface area contributed by atoms with Crippen molar-refractivity contribution in [3.63, 3.8) is 0 Å². The van der Waals surface area contributed by atoms with E-state index in [9.17, 15) is 9.59 Å². The molecule has 94 heavy (non-hydrogen) atoms. The van der Waals surface area contributed by atoms with Crippen molar-refractivity contribution < 1.29 is 27.8 Å². The van der Waals surface area contributed by atoms with Gasteiger partial charge in [0.2, 0.25) is 0 Å². The number of rotatable bonds is 41. The summed E-state index contributed by atoms with van der Waals surface area (Å²) in [4.78, 5) is 39.1. The van der Waals surface area contributed by atoms with Crippen LogP contribution in [0.4, 0.5) is 8.78 Å². The lowest BCUT2D eigenvalue weighted by molar-refractivity contribution is 0.0494. The molecule has 10 rings (SSSR count). The van der Waals surface area contributed by atoms with Crippen LogP contribution in [0.5, 0.6) is 0 Å². The molecule has 0 radical (unpaired) electrons. The summed E-state index contributed by atoms with van der Waals surface area (Å²) in [5.74, 6) is 0.0351. The van der Waals surface area contributed by atoms with Gasteiger partial charge >= 0.3 is 11.9 Å². The molecule has 0 aliphatic heterocycles. The fourth-order valence-corrected chi connectivity index (χ4v) is 22.9. The topological polar surface area (TPSA) is 52.6 Å². The van der Waals surface area contributed by atoms with Crippen LogP contribution >= 0.6 is 90.7 Å². The van der Waals surface area contributed by atoms with E-state index in [0.717, 1.165) is 192 Å². The SMILES string of the molecule is CCCCCCCCCCCCOC(=O)c1ccc(-c2c3cc(-c4cc5c(-c6cc(F)c(CC(CC)CCCC)s6)c6sc(C)cc6c(-c6cc(F)c(CC(CC)CCCC)s6)c5s4)sc3c(-c3ccc(C(=O)OCCCCCCCCCCCC)s3)c3cc(C)sc23)s1. The minimum atomic E-state index is -0.276. The molecule has 0 fully saturated rings. The standard InChI is InChI=1S/C80H100F2O4S8/c1-9-15-19-21-23-25-27-29-31-33-41-85-79(83)63-39-37-61(89-63)71-55-43-51(7)87-75(55)72(62-38-40-64(90-62)80(84)86-42-34-32-30-28-26-24-22-20-16-10-2)57-47-67(93-77(57)71)68-48-58-74(70-50-60(82)66(92-70)46-54(14-6)36-18-12-4)76-56(44-52(8)88-76)73(78(58)94-68)69-49-59(81)65(91-69)45-53(13-5)35-17-11-3/h37-40,43-44,47-50,53-54H,9-36,41-42,45-46H2,1-8H3. The van der Waals surface area contributed by atoms with Crippen molar-refractivity contribution in [2.24, 2.45) is 11.8 Å².